The van der Waals surface area contributed by atoms with Crippen LogP contribution in [0.4, 0.5) is 0 Å². The SMILES string of the molecule is N#Cc1c(-c2ccc3c(c2)c2ccccc2n3-c2ccccc2)c(C#N)c(-n2c3ccccc3c3ccccc32)c(-n2c3ccccc3c3ccccc32)c1-n1c2ccccc2c2ccccc21. The first-order chi connectivity index (χ1) is 33.7. The molecular formula is C62H36N6. The number of fused-ring (bicyclic) bond motifs is 12. The number of para-hydroxylation sites is 8. The summed E-state index contributed by atoms with van der Waals surface area (Å²) in [4.78, 5) is 0. The van der Waals surface area contributed by atoms with Crippen molar-refractivity contribution < 1.29 is 0 Å². The molecule has 0 saturated heterocycles. The molecule has 0 spiro atoms. The van der Waals surface area contributed by atoms with Gasteiger partial charge in [0.1, 0.15) is 12.1 Å². The predicted octanol–water partition coefficient (Wildman–Crippen LogP) is 15.5. The fourth-order valence-electron chi connectivity index (χ4n) is 11.3. The van der Waals surface area contributed by atoms with Gasteiger partial charge < -0.3 is 18.3 Å². The van der Waals surface area contributed by atoms with Crippen LogP contribution in [0.2, 0.25) is 0 Å². The molecular weight excluding hydrogens is 829 g/mol. The number of nitrogens with zero attached hydrogens (tertiary/aromatic N) is 6. The van der Waals surface area contributed by atoms with E-state index in [1.165, 1.54) is 0 Å². The summed E-state index contributed by atoms with van der Waals surface area (Å²) < 4.78 is 9.17. The van der Waals surface area contributed by atoms with Crippen molar-refractivity contribution in [3.8, 4) is 46.0 Å². The van der Waals surface area contributed by atoms with Crippen molar-refractivity contribution in [2.24, 2.45) is 0 Å². The second kappa shape index (κ2) is 14.4. The van der Waals surface area contributed by atoms with Crippen LogP contribution < -0.4 is 0 Å². The van der Waals surface area contributed by atoms with E-state index >= 15 is 0 Å². The Bertz CT molecular complexity index is 4210. The van der Waals surface area contributed by atoms with Crippen molar-refractivity contribution in [2.75, 3.05) is 0 Å². The fourth-order valence-corrected chi connectivity index (χ4v) is 11.3. The van der Waals surface area contributed by atoms with Crippen molar-refractivity contribution in [1.29, 1.82) is 10.5 Å². The van der Waals surface area contributed by atoms with E-state index in [0.29, 0.717) is 28.1 Å². The molecule has 0 aliphatic carbocycles. The third kappa shape index (κ3) is 5.09. The molecule has 14 rings (SSSR count). The molecule has 0 N–H and O–H groups in total. The monoisotopic (exact) mass is 864 g/mol. The molecule has 0 atom stereocenters. The molecule has 14 aromatic rings. The Labute approximate surface area is 389 Å². The summed E-state index contributed by atoms with van der Waals surface area (Å²) in [6, 6.07) is 81.7. The van der Waals surface area contributed by atoms with Crippen molar-refractivity contribution in [3.05, 3.63) is 230 Å². The minimum absolute atomic E-state index is 0.403. The smallest absolute Gasteiger partial charge is 0.102 e. The van der Waals surface area contributed by atoms with E-state index in [0.717, 1.165) is 104 Å². The highest BCUT2D eigenvalue weighted by atomic mass is 15.1. The molecule has 10 aromatic carbocycles. The molecule has 0 amide bonds. The molecule has 0 radical (unpaired) electrons. The molecule has 6 nitrogen and oxygen atoms in total. The third-order valence-corrected chi connectivity index (χ3v) is 14.0. The molecule has 0 aliphatic rings. The average Bonchev–Trinajstić information content (AvgIpc) is 4.13. The van der Waals surface area contributed by atoms with Gasteiger partial charge in [-0.3, -0.25) is 0 Å². The zero-order valence-electron chi connectivity index (χ0n) is 36.5. The molecule has 0 aliphatic heterocycles. The van der Waals surface area contributed by atoms with Gasteiger partial charge in [-0.25, -0.2) is 0 Å². The van der Waals surface area contributed by atoms with E-state index in [2.05, 4.69) is 243 Å². The lowest BCUT2D eigenvalue weighted by Crippen LogP contribution is -2.14. The van der Waals surface area contributed by atoms with Gasteiger partial charge in [-0.2, -0.15) is 10.5 Å². The quantitative estimate of drug-likeness (QED) is 0.173. The first kappa shape index (κ1) is 37.7. The van der Waals surface area contributed by atoms with Crippen LogP contribution in [0.3, 0.4) is 0 Å². The Kier molecular flexibility index (Phi) is 8.01. The lowest BCUT2D eigenvalue weighted by atomic mass is 9.89. The Morgan fingerprint density at radius 2 is 0.559 bits per heavy atom. The molecule has 0 unspecified atom stereocenters. The topological polar surface area (TPSA) is 67.3 Å². The number of hydrogen-bond acceptors (Lipinski definition) is 2. The number of nitriles is 2. The Balaban J connectivity index is 1.26. The van der Waals surface area contributed by atoms with Crippen LogP contribution in [0.15, 0.2) is 218 Å². The maximum Gasteiger partial charge on any atom is 0.102 e. The molecule has 314 valence electrons. The number of rotatable bonds is 5. The van der Waals surface area contributed by atoms with E-state index in [1.54, 1.807) is 0 Å². The summed E-state index contributed by atoms with van der Waals surface area (Å²) in [7, 11) is 0. The van der Waals surface area contributed by atoms with Crippen molar-refractivity contribution >= 4 is 87.2 Å². The molecule has 4 aromatic heterocycles. The van der Waals surface area contributed by atoms with Crippen molar-refractivity contribution in [3.63, 3.8) is 0 Å². The summed E-state index contributed by atoms with van der Waals surface area (Å²) in [5.74, 6) is 0. The van der Waals surface area contributed by atoms with Crippen LogP contribution in [0, 0.1) is 22.7 Å². The van der Waals surface area contributed by atoms with Crippen LogP contribution in [0.5, 0.6) is 0 Å². The normalized spacial score (nSPS) is 11.8. The largest absolute Gasteiger partial charge is 0.309 e. The van der Waals surface area contributed by atoms with Crippen LogP contribution in [-0.2, 0) is 0 Å². The van der Waals surface area contributed by atoms with Gasteiger partial charge in [0.2, 0.25) is 0 Å². The second-order valence-electron chi connectivity index (χ2n) is 17.4. The van der Waals surface area contributed by atoms with Gasteiger partial charge >= 0.3 is 0 Å². The fraction of sp³-hybridized carbons (Fsp3) is 0. The highest BCUT2D eigenvalue weighted by molar-refractivity contribution is 6.16. The zero-order chi connectivity index (χ0) is 45.0. The van der Waals surface area contributed by atoms with Gasteiger partial charge in [-0.1, -0.05) is 152 Å². The lowest BCUT2D eigenvalue weighted by molar-refractivity contribution is 1.04. The second-order valence-corrected chi connectivity index (χ2v) is 17.4. The summed E-state index contributed by atoms with van der Waals surface area (Å²) in [6.07, 6.45) is 0. The van der Waals surface area contributed by atoms with Gasteiger partial charge in [-0.15, -0.1) is 0 Å². The molecule has 4 heterocycles. The summed E-state index contributed by atoms with van der Waals surface area (Å²) in [5, 5.41) is 32.9. The average molecular weight is 865 g/mol. The third-order valence-electron chi connectivity index (χ3n) is 14.0. The van der Waals surface area contributed by atoms with Crippen LogP contribution in [0.1, 0.15) is 11.1 Å². The maximum absolute atomic E-state index is 12.2. The first-order valence-electron chi connectivity index (χ1n) is 22.8. The van der Waals surface area contributed by atoms with E-state index < -0.39 is 0 Å². The molecule has 6 heteroatoms. The van der Waals surface area contributed by atoms with Crippen LogP contribution in [0.25, 0.3) is 121 Å². The number of hydrogen-bond donors (Lipinski definition) is 0. The predicted molar refractivity (Wildman–Crippen MR) is 279 cm³/mol. The summed E-state index contributed by atoms with van der Waals surface area (Å²) in [6.45, 7) is 0. The highest BCUT2D eigenvalue weighted by Crippen LogP contribution is 2.49. The van der Waals surface area contributed by atoms with E-state index in [-0.39, 0.29) is 0 Å². The summed E-state index contributed by atoms with van der Waals surface area (Å²) in [5.41, 5.74) is 13.2. The maximum atomic E-state index is 12.2. The van der Waals surface area contributed by atoms with Crippen LogP contribution >= 0.6 is 0 Å². The minimum Gasteiger partial charge on any atom is -0.309 e. The van der Waals surface area contributed by atoms with E-state index in [9.17, 15) is 10.5 Å². The molecule has 0 bridgehead atoms. The van der Waals surface area contributed by atoms with Crippen molar-refractivity contribution in [1.82, 2.24) is 18.3 Å². The number of benzene rings is 10. The van der Waals surface area contributed by atoms with Gasteiger partial charge in [0, 0.05) is 54.3 Å². The van der Waals surface area contributed by atoms with E-state index in [4.69, 9.17) is 0 Å². The van der Waals surface area contributed by atoms with Gasteiger partial charge in [0.25, 0.3) is 0 Å². The van der Waals surface area contributed by atoms with Gasteiger partial charge in [-0.05, 0) is 72.3 Å². The minimum atomic E-state index is 0.403. The highest BCUT2D eigenvalue weighted by Gasteiger charge is 2.33. The molecule has 68 heavy (non-hydrogen) atoms. The van der Waals surface area contributed by atoms with Crippen LogP contribution in [-0.4, -0.2) is 18.3 Å². The van der Waals surface area contributed by atoms with Crippen molar-refractivity contribution in [2.45, 2.75) is 0 Å². The van der Waals surface area contributed by atoms with E-state index in [1.807, 2.05) is 6.07 Å². The number of aromatic nitrogens is 4. The molecule has 0 fully saturated rings. The standard InChI is InChI=1S/C62H36N6/c63-37-49-59(39-34-35-58-48(36-39)47-26-10-11-27-51(47)65(58)40-18-2-1-3-19-40)50(38-64)61(67-54-30-14-6-22-43(54)44-23-7-15-31-55(44)67)62(68-56-32-16-8-24-45(56)46-25-9-17-33-57(46)68)60(49)66-52-28-12-4-20-41(52)42-21-5-13-29-53(42)66/h1-36H. The Hall–Kier alpha value is -9.62. The lowest BCUT2D eigenvalue weighted by Gasteiger charge is -2.26. The van der Waals surface area contributed by atoms with Gasteiger partial charge in [0.15, 0.2) is 0 Å². The first-order valence-corrected chi connectivity index (χ1v) is 22.8. The summed E-state index contributed by atoms with van der Waals surface area (Å²) >= 11 is 0. The molecule has 0 saturated carbocycles. The Morgan fingerprint density at radius 3 is 0.926 bits per heavy atom. The Morgan fingerprint density at radius 1 is 0.265 bits per heavy atom. The zero-order valence-corrected chi connectivity index (χ0v) is 36.5. The van der Waals surface area contributed by atoms with Gasteiger partial charge in [0.05, 0.1) is 72.3 Å².